The van der Waals surface area contributed by atoms with Gasteiger partial charge in [0.15, 0.2) is 6.29 Å². The first kappa shape index (κ1) is 11.0. The molecule has 84 valence electrons. The Morgan fingerprint density at radius 2 is 2.00 bits per heavy atom. The standard InChI is InChI=1S/C13H14FNO/c14-13-8-11(1-2-12(13)9-16)7-10-3-5-15-6-4-10/h1-2,7-9,15H,3-6H2. The van der Waals surface area contributed by atoms with Gasteiger partial charge in [-0.1, -0.05) is 17.7 Å². The molecule has 0 amide bonds. The molecule has 1 N–H and O–H groups in total. The second-order valence-corrected chi connectivity index (χ2v) is 3.95. The van der Waals surface area contributed by atoms with E-state index in [4.69, 9.17) is 0 Å². The van der Waals surface area contributed by atoms with Gasteiger partial charge in [0, 0.05) is 0 Å². The van der Waals surface area contributed by atoms with Crippen LogP contribution >= 0.6 is 0 Å². The molecule has 0 aliphatic carbocycles. The summed E-state index contributed by atoms with van der Waals surface area (Å²) in [6.07, 6.45) is 4.57. The molecule has 2 rings (SSSR count). The third-order valence-electron chi connectivity index (χ3n) is 2.77. The number of carbonyl (C=O) groups excluding carboxylic acids is 1. The molecule has 0 aromatic heterocycles. The number of hydrogen-bond acceptors (Lipinski definition) is 2. The van der Waals surface area contributed by atoms with E-state index in [9.17, 15) is 9.18 Å². The second kappa shape index (κ2) is 5.03. The minimum atomic E-state index is -0.446. The lowest BCUT2D eigenvalue weighted by atomic mass is 10.0. The quantitative estimate of drug-likeness (QED) is 0.774. The van der Waals surface area contributed by atoms with Crippen LogP contribution in [0.5, 0.6) is 0 Å². The Bertz CT molecular complexity index is 418. The molecule has 0 bridgehead atoms. The Balaban J connectivity index is 2.20. The summed E-state index contributed by atoms with van der Waals surface area (Å²) in [4.78, 5) is 10.5. The zero-order chi connectivity index (χ0) is 11.4. The fourth-order valence-electron chi connectivity index (χ4n) is 1.86. The van der Waals surface area contributed by atoms with Gasteiger partial charge in [0.1, 0.15) is 5.82 Å². The summed E-state index contributed by atoms with van der Waals surface area (Å²) >= 11 is 0. The van der Waals surface area contributed by atoms with Gasteiger partial charge in [0.05, 0.1) is 5.56 Å². The van der Waals surface area contributed by atoms with E-state index in [1.54, 1.807) is 6.07 Å². The van der Waals surface area contributed by atoms with Crippen molar-refractivity contribution < 1.29 is 9.18 Å². The van der Waals surface area contributed by atoms with Gasteiger partial charge in [0.25, 0.3) is 0 Å². The Kier molecular flexibility index (Phi) is 3.47. The predicted molar refractivity (Wildman–Crippen MR) is 61.9 cm³/mol. The largest absolute Gasteiger partial charge is 0.316 e. The summed E-state index contributed by atoms with van der Waals surface area (Å²) in [7, 11) is 0. The SMILES string of the molecule is O=Cc1ccc(C=C2CCNCC2)cc1F. The molecule has 0 saturated carbocycles. The number of rotatable bonds is 2. The third-order valence-corrected chi connectivity index (χ3v) is 2.77. The summed E-state index contributed by atoms with van der Waals surface area (Å²) in [6, 6.07) is 4.72. The maximum Gasteiger partial charge on any atom is 0.152 e. The lowest BCUT2D eigenvalue weighted by molar-refractivity contribution is 0.112. The topological polar surface area (TPSA) is 29.1 Å². The maximum absolute atomic E-state index is 13.3. The van der Waals surface area contributed by atoms with Crippen LogP contribution in [0.3, 0.4) is 0 Å². The highest BCUT2D eigenvalue weighted by Gasteiger charge is 2.05. The van der Waals surface area contributed by atoms with Gasteiger partial charge < -0.3 is 5.32 Å². The molecule has 1 heterocycles. The minimum Gasteiger partial charge on any atom is -0.316 e. The van der Waals surface area contributed by atoms with Crippen LogP contribution < -0.4 is 5.32 Å². The first-order valence-electron chi connectivity index (χ1n) is 5.44. The van der Waals surface area contributed by atoms with Gasteiger partial charge in [-0.2, -0.15) is 0 Å². The van der Waals surface area contributed by atoms with E-state index < -0.39 is 5.82 Å². The molecule has 3 heteroatoms. The van der Waals surface area contributed by atoms with Crippen LogP contribution in [0.2, 0.25) is 0 Å². The van der Waals surface area contributed by atoms with Crippen LogP contribution in [-0.2, 0) is 0 Å². The molecule has 1 fully saturated rings. The molecule has 0 radical (unpaired) electrons. The van der Waals surface area contributed by atoms with E-state index in [2.05, 4.69) is 5.32 Å². The number of hydrogen-bond donors (Lipinski definition) is 1. The highest BCUT2D eigenvalue weighted by atomic mass is 19.1. The van der Waals surface area contributed by atoms with E-state index in [0.717, 1.165) is 31.5 Å². The van der Waals surface area contributed by atoms with E-state index in [0.29, 0.717) is 6.29 Å². The fraction of sp³-hybridized carbons (Fsp3) is 0.308. The van der Waals surface area contributed by atoms with E-state index >= 15 is 0 Å². The molecule has 0 unspecified atom stereocenters. The van der Waals surface area contributed by atoms with Crippen molar-refractivity contribution in [1.82, 2.24) is 5.32 Å². The summed E-state index contributed by atoms with van der Waals surface area (Å²) in [5.74, 6) is -0.446. The summed E-state index contributed by atoms with van der Waals surface area (Å²) in [5, 5.41) is 3.27. The average Bonchev–Trinajstić information content (AvgIpc) is 2.31. The van der Waals surface area contributed by atoms with Gasteiger partial charge in [-0.3, -0.25) is 4.79 Å². The lowest BCUT2D eigenvalue weighted by Crippen LogP contribution is -2.22. The van der Waals surface area contributed by atoms with Crippen LogP contribution in [-0.4, -0.2) is 19.4 Å². The number of nitrogens with one attached hydrogen (secondary N) is 1. The number of piperidine rings is 1. The van der Waals surface area contributed by atoms with Gasteiger partial charge in [-0.05, 0) is 43.6 Å². The van der Waals surface area contributed by atoms with Crippen molar-refractivity contribution in [3.63, 3.8) is 0 Å². The normalized spacial score (nSPS) is 15.9. The molecular formula is C13H14FNO. The smallest absolute Gasteiger partial charge is 0.152 e. The van der Waals surface area contributed by atoms with Gasteiger partial charge in [0.2, 0.25) is 0 Å². The number of benzene rings is 1. The molecule has 1 aromatic carbocycles. The van der Waals surface area contributed by atoms with Crippen LogP contribution in [0.4, 0.5) is 4.39 Å². The van der Waals surface area contributed by atoms with Crippen molar-refractivity contribution in [2.24, 2.45) is 0 Å². The molecule has 0 atom stereocenters. The van der Waals surface area contributed by atoms with Crippen LogP contribution in [0.25, 0.3) is 6.08 Å². The van der Waals surface area contributed by atoms with Crippen molar-refractivity contribution in [2.75, 3.05) is 13.1 Å². The summed E-state index contributed by atoms with van der Waals surface area (Å²) in [6.45, 7) is 1.97. The monoisotopic (exact) mass is 219 g/mol. The Labute approximate surface area is 94.2 Å². The van der Waals surface area contributed by atoms with Crippen molar-refractivity contribution in [3.8, 4) is 0 Å². The molecule has 0 spiro atoms. The zero-order valence-corrected chi connectivity index (χ0v) is 9.00. The Hall–Kier alpha value is -1.48. The molecular weight excluding hydrogens is 205 g/mol. The van der Waals surface area contributed by atoms with Gasteiger partial charge in [-0.15, -0.1) is 0 Å². The molecule has 1 aromatic rings. The van der Waals surface area contributed by atoms with E-state index in [1.807, 2.05) is 6.08 Å². The number of halogens is 1. The third kappa shape index (κ3) is 2.55. The minimum absolute atomic E-state index is 0.118. The highest BCUT2D eigenvalue weighted by molar-refractivity contribution is 5.76. The fourth-order valence-corrected chi connectivity index (χ4v) is 1.86. The average molecular weight is 219 g/mol. The van der Waals surface area contributed by atoms with Gasteiger partial charge >= 0.3 is 0 Å². The lowest BCUT2D eigenvalue weighted by Gasteiger charge is -2.15. The van der Waals surface area contributed by atoms with Crippen LogP contribution in [0, 0.1) is 5.82 Å². The molecule has 1 aliphatic rings. The van der Waals surface area contributed by atoms with Crippen LogP contribution in [0.1, 0.15) is 28.8 Å². The summed E-state index contributed by atoms with van der Waals surface area (Å²) < 4.78 is 13.3. The van der Waals surface area contributed by atoms with E-state index in [-0.39, 0.29) is 5.56 Å². The molecule has 16 heavy (non-hydrogen) atoms. The zero-order valence-electron chi connectivity index (χ0n) is 9.00. The molecule has 1 saturated heterocycles. The predicted octanol–water partition coefficient (Wildman–Crippen LogP) is 2.41. The highest BCUT2D eigenvalue weighted by Crippen LogP contribution is 2.17. The van der Waals surface area contributed by atoms with Crippen molar-refractivity contribution >= 4 is 12.4 Å². The van der Waals surface area contributed by atoms with Crippen molar-refractivity contribution in [3.05, 3.63) is 40.7 Å². The van der Waals surface area contributed by atoms with Gasteiger partial charge in [-0.25, -0.2) is 4.39 Å². The maximum atomic E-state index is 13.3. The second-order valence-electron chi connectivity index (χ2n) is 3.95. The summed E-state index contributed by atoms with van der Waals surface area (Å²) in [5.41, 5.74) is 2.28. The Morgan fingerprint density at radius 1 is 1.25 bits per heavy atom. The van der Waals surface area contributed by atoms with Crippen molar-refractivity contribution in [1.29, 1.82) is 0 Å². The van der Waals surface area contributed by atoms with Crippen LogP contribution in [0.15, 0.2) is 23.8 Å². The first-order chi connectivity index (χ1) is 7.79. The number of aldehydes is 1. The first-order valence-corrected chi connectivity index (χ1v) is 5.44. The number of carbonyl (C=O) groups is 1. The molecule has 1 aliphatic heterocycles. The molecule has 2 nitrogen and oxygen atoms in total. The Morgan fingerprint density at radius 3 is 2.62 bits per heavy atom. The van der Waals surface area contributed by atoms with Crippen molar-refractivity contribution in [2.45, 2.75) is 12.8 Å². The van der Waals surface area contributed by atoms with E-state index in [1.165, 1.54) is 17.7 Å².